The number of morpholine rings is 1. The normalized spacial score (nSPS) is 29.6. The van der Waals surface area contributed by atoms with E-state index >= 15 is 0 Å². The third-order valence-electron chi connectivity index (χ3n) is 5.56. The van der Waals surface area contributed by atoms with Crippen LogP contribution in [0.3, 0.4) is 0 Å². The van der Waals surface area contributed by atoms with Crippen LogP contribution < -0.4 is 15.5 Å². The fourth-order valence-electron chi connectivity index (χ4n) is 4.33. The maximum Gasteiger partial charge on any atom is 0.171 e. The molecule has 0 amide bonds. The van der Waals surface area contributed by atoms with E-state index in [1.807, 2.05) is 0 Å². The van der Waals surface area contributed by atoms with E-state index in [9.17, 15) is 0 Å². The molecule has 2 bridgehead atoms. The highest BCUT2D eigenvalue weighted by molar-refractivity contribution is 7.80. The predicted molar refractivity (Wildman–Crippen MR) is 98.1 cm³/mol. The molecule has 23 heavy (non-hydrogen) atoms. The van der Waals surface area contributed by atoms with Gasteiger partial charge in [0, 0.05) is 30.5 Å². The first kappa shape index (κ1) is 15.2. The highest BCUT2D eigenvalue weighted by Gasteiger charge is 2.39. The van der Waals surface area contributed by atoms with Crippen LogP contribution in [0.1, 0.15) is 25.7 Å². The molecule has 0 aromatic heterocycles. The van der Waals surface area contributed by atoms with Gasteiger partial charge in [0.15, 0.2) is 5.11 Å². The summed E-state index contributed by atoms with van der Waals surface area (Å²) in [7, 11) is 0. The molecule has 1 heterocycles. The summed E-state index contributed by atoms with van der Waals surface area (Å²) >= 11 is 5.50. The minimum absolute atomic E-state index is 0.585. The predicted octanol–water partition coefficient (Wildman–Crippen LogP) is 3.00. The van der Waals surface area contributed by atoms with Crippen LogP contribution in [0.5, 0.6) is 0 Å². The average Bonchev–Trinajstić information content (AvgIpc) is 3.19. The van der Waals surface area contributed by atoms with Crippen molar-refractivity contribution in [1.29, 1.82) is 0 Å². The Balaban J connectivity index is 1.30. The van der Waals surface area contributed by atoms with Gasteiger partial charge in [-0.15, -0.1) is 0 Å². The highest BCUT2D eigenvalue weighted by atomic mass is 32.1. The second-order valence-corrected chi connectivity index (χ2v) is 7.43. The first-order valence-corrected chi connectivity index (χ1v) is 9.19. The summed E-state index contributed by atoms with van der Waals surface area (Å²) in [6.45, 7) is 3.57. The SMILES string of the molecule is S=C(Nc1ccc(N2CCOCC2)cc1)NC1CC2CCC1C2. The number of hydrogen-bond acceptors (Lipinski definition) is 3. The van der Waals surface area contributed by atoms with Gasteiger partial charge >= 0.3 is 0 Å². The molecule has 1 aromatic carbocycles. The molecule has 2 aliphatic carbocycles. The summed E-state index contributed by atoms with van der Waals surface area (Å²) in [5, 5.41) is 7.63. The fourth-order valence-corrected chi connectivity index (χ4v) is 4.60. The third kappa shape index (κ3) is 3.45. The average molecular weight is 331 g/mol. The van der Waals surface area contributed by atoms with Crippen LogP contribution in [0.4, 0.5) is 11.4 Å². The maximum atomic E-state index is 5.50. The Hall–Kier alpha value is -1.33. The van der Waals surface area contributed by atoms with E-state index in [1.165, 1.54) is 31.4 Å². The van der Waals surface area contributed by atoms with Crippen molar-refractivity contribution in [3.8, 4) is 0 Å². The first-order chi connectivity index (χ1) is 11.3. The molecule has 3 unspecified atom stereocenters. The second kappa shape index (κ2) is 6.65. The summed E-state index contributed by atoms with van der Waals surface area (Å²) in [4.78, 5) is 2.36. The summed E-state index contributed by atoms with van der Waals surface area (Å²) in [6.07, 6.45) is 5.49. The number of fused-ring (bicyclic) bond motifs is 2. The molecule has 3 fully saturated rings. The lowest BCUT2D eigenvalue weighted by Gasteiger charge is -2.29. The van der Waals surface area contributed by atoms with Crippen LogP contribution in [-0.4, -0.2) is 37.5 Å². The van der Waals surface area contributed by atoms with Crippen LogP contribution in [0, 0.1) is 11.8 Å². The molecular weight excluding hydrogens is 306 g/mol. The van der Waals surface area contributed by atoms with Crippen molar-refractivity contribution >= 4 is 28.7 Å². The smallest absolute Gasteiger partial charge is 0.171 e. The van der Waals surface area contributed by atoms with Gasteiger partial charge in [-0.2, -0.15) is 0 Å². The zero-order chi connectivity index (χ0) is 15.6. The number of hydrogen-bond donors (Lipinski definition) is 2. The summed E-state index contributed by atoms with van der Waals surface area (Å²) in [5.41, 5.74) is 2.31. The first-order valence-electron chi connectivity index (χ1n) is 8.78. The number of nitrogens with zero attached hydrogens (tertiary/aromatic N) is 1. The number of rotatable bonds is 3. The maximum absolute atomic E-state index is 5.50. The van der Waals surface area contributed by atoms with Gasteiger partial charge in [0.1, 0.15) is 0 Å². The van der Waals surface area contributed by atoms with Gasteiger partial charge in [-0.3, -0.25) is 0 Å². The largest absolute Gasteiger partial charge is 0.378 e. The lowest BCUT2D eigenvalue weighted by molar-refractivity contribution is 0.122. The minimum atomic E-state index is 0.585. The van der Waals surface area contributed by atoms with Crippen molar-refractivity contribution in [3.05, 3.63) is 24.3 Å². The van der Waals surface area contributed by atoms with E-state index in [1.54, 1.807) is 0 Å². The van der Waals surface area contributed by atoms with Crippen molar-refractivity contribution in [2.45, 2.75) is 31.7 Å². The Labute approximate surface area is 143 Å². The number of benzene rings is 1. The molecule has 3 atom stereocenters. The number of thiocarbonyl (C=S) groups is 1. The van der Waals surface area contributed by atoms with E-state index in [2.05, 4.69) is 39.8 Å². The molecular formula is C18H25N3OS. The van der Waals surface area contributed by atoms with E-state index in [0.717, 1.165) is 48.9 Å². The monoisotopic (exact) mass is 331 g/mol. The number of ether oxygens (including phenoxy) is 1. The fraction of sp³-hybridized carbons (Fsp3) is 0.611. The van der Waals surface area contributed by atoms with Gasteiger partial charge in [0.25, 0.3) is 0 Å². The van der Waals surface area contributed by atoms with Gasteiger partial charge in [0.05, 0.1) is 13.2 Å². The van der Waals surface area contributed by atoms with Crippen LogP contribution in [0.15, 0.2) is 24.3 Å². The van der Waals surface area contributed by atoms with Gasteiger partial charge in [-0.05, 0) is 67.6 Å². The van der Waals surface area contributed by atoms with Gasteiger partial charge in [-0.1, -0.05) is 6.42 Å². The Morgan fingerprint density at radius 2 is 1.87 bits per heavy atom. The zero-order valence-electron chi connectivity index (χ0n) is 13.5. The number of anilines is 2. The Morgan fingerprint density at radius 3 is 2.52 bits per heavy atom. The summed E-state index contributed by atoms with van der Waals surface area (Å²) in [5.74, 6) is 1.77. The van der Waals surface area contributed by atoms with Crippen LogP contribution in [-0.2, 0) is 4.74 Å². The third-order valence-corrected chi connectivity index (χ3v) is 5.78. The Kier molecular flexibility index (Phi) is 4.40. The van der Waals surface area contributed by atoms with E-state index in [4.69, 9.17) is 17.0 Å². The Bertz CT molecular complexity index is 556. The van der Waals surface area contributed by atoms with Gasteiger partial charge in [0.2, 0.25) is 0 Å². The van der Waals surface area contributed by atoms with Crippen molar-refractivity contribution in [3.63, 3.8) is 0 Å². The molecule has 3 aliphatic rings. The van der Waals surface area contributed by atoms with E-state index in [0.29, 0.717) is 6.04 Å². The summed E-state index contributed by atoms with van der Waals surface area (Å²) in [6, 6.07) is 9.13. The molecule has 2 N–H and O–H groups in total. The molecule has 0 spiro atoms. The minimum Gasteiger partial charge on any atom is -0.378 e. The van der Waals surface area contributed by atoms with Crippen LogP contribution in [0.2, 0.25) is 0 Å². The highest BCUT2D eigenvalue weighted by Crippen LogP contribution is 2.44. The molecule has 0 radical (unpaired) electrons. The lowest BCUT2D eigenvalue weighted by atomic mass is 9.96. The number of nitrogens with one attached hydrogen (secondary N) is 2. The van der Waals surface area contributed by atoms with Crippen molar-refractivity contribution in [2.24, 2.45) is 11.8 Å². The second-order valence-electron chi connectivity index (χ2n) is 7.03. The Morgan fingerprint density at radius 1 is 1.09 bits per heavy atom. The van der Waals surface area contributed by atoms with Crippen LogP contribution in [0.25, 0.3) is 0 Å². The molecule has 4 nitrogen and oxygen atoms in total. The molecule has 1 saturated heterocycles. The van der Waals surface area contributed by atoms with Gasteiger partial charge in [-0.25, -0.2) is 0 Å². The molecule has 2 saturated carbocycles. The lowest BCUT2D eigenvalue weighted by Crippen LogP contribution is -2.40. The van der Waals surface area contributed by atoms with Crippen molar-refractivity contribution in [2.75, 3.05) is 36.5 Å². The quantitative estimate of drug-likeness (QED) is 0.833. The molecule has 1 aromatic rings. The zero-order valence-corrected chi connectivity index (χ0v) is 14.3. The molecule has 4 rings (SSSR count). The van der Waals surface area contributed by atoms with Crippen molar-refractivity contribution in [1.82, 2.24) is 5.32 Å². The molecule has 5 heteroatoms. The van der Waals surface area contributed by atoms with Crippen LogP contribution >= 0.6 is 12.2 Å². The molecule has 1 aliphatic heterocycles. The van der Waals surface area contributed by atoms with Gasteiger partial charge < -0.3 is 20.3 Å². The van der Waals surface area contributed by atoms with E-state index in [-0.39, 0.29) is 0 Å². The topological polar surface area (TPSA) is 36.5 Å². The molecule has 124 valence electrons. The summed E-state index contributed by atoms with van der Waals surface area (Å²) < 4.78 is 5.40. The standard InChI is InChI=1S/C18H25N3OS/c23-18(20-17-12-13-1-2-14(17)11-13)19-15-3-5-16(6-4-15)21-7-9-22-10-8-21/h3-6,13-14,17H,1-2,7-12H2,(H2,19,20,23). The van der Waals surface area contributed by atoms with E-state index < -0.39 is 0 Å². The van der Waals surface area contributed by atoms with Crippen molar-refractivity contribution < 1.29 is 4.74 Å².